The molecule has 0 bridgehead atoms. The van der Waals surface area contributed by atoms with Gasteiger partial charge < -0.3 is 0 Å². The second-order valence-corrected chi connectivity index (χ2v) is 5.82. The van der Waals surface area contributed by atoms with Gasteiger partial charge >= 0.3 is 0 Å². The largest absolute Gasteiger partial charge is 0.282 e. The minimum Gasteiger partial charge on any atom is -0.282 e. The third-order valence-electron chi connectivity index (χ3n) is 3.70. The quantitative estimate of drug-likeness (QED) is 0.490. The van der Waals surface area contributed by atoms with E-state index in [1.54, 1.807) is 6.07 Å². The molecule has 0 aliphatic heterocycles. The summed E-state index contributed by atoms with van der Waals surface area (Å²) in [4.78, 5) is 4.59. The van der Waals surface area contributed by atoms with Crippen molar-refractivity contribution in [1.82, 2.24) is 0 Å². The van der Waals surface area contributed by atoms with Gasteiger partial charge in [-0.1, -0.05) is 84.4 Å². The molecule has 0 atom stereocenters. The molecule has 0 aliphatic carbocycles. The molecule has 3 aromatic rings. The minimum absolute atomic E-state index is 0.176. The Morgan fingerprint density at radius 3 is 2.04 bits per heavy atom. The highest BCUT2D eigenvalue weighted by Crippen LogP contribution is 2.17. The number of halogens is 1. The molecular formula is C21H17ClN2. The van der Waals surface area contributed by atoms with Gasteiger partial charge in [-0.3, -0.25) is 5.41 Å². The number of hydrogen-bond acceptors (Lipinski definition) is 1. The van der Waals surface area contributed by atoms with Crippen molar-refractivity contribution in [2.45, 2.75) is 6.42 Å². The van der Waals surface area contributed by atoms with Gasteiger partial charge in [-0.25, -0.2) is 4.99 Å². The molecule has 0 saturated carbocycles. The number of benzene rings is 3. The van der Waals surface area contributed by atoms with Crippen molar-refractivity contribution in [3.63, 3.8) is 0 Å². The molecule has 0 radical (unpaired) electrons. The zero-order valence-electron chi connectivity index (χ0n) is 13.1. The molecule has 0 aromatic heterocycles. The van der Waals surface area contributed by atoms with Crippen molar-refractivity contribution < 1.29 is 0 Å². The lowest BCUT2D eigenvalue weighted by Crippen LogP contribution is -2.09. The maximum atomic E-state index is 8.34. The van der Waals surface area contributed by atoms with Crippen molar-refractivity contribution >= 4 is 23.1 Å². The van der Waals surface area contributed by atoms with Gasteiger partial charge in [-0.05, 0) is 23.3 Å². The Hall–Kier alpha value is -2.71. The Morgan fingerprint density at radius 1 is 0.792 bits per heavy atom. The lowest BCUT2D eigenvalue weighted by atomic mass is 10.0. The molecule has 0 amide bonds. The average molecular weight is 333 g/mol. The van der Waals surface area contributed by atoms with E-state index < -0.39 is 0 Å². The van der Waals surface area contributed by atoms with Crippen LogP contribution in [0.3, 0.4) is 0 Å². The summed E-state index contributed by atoms with van der Waals surface area (Å²) in [5, 5.41) is 8.88. The molecule has 2 nitrogen and oxygen atoms in total. The molecular weight excluding hydrogens is 316 g/mol. The Bertz CT molecular complexity index is 855. The summed E-state index contributed by atoms with van der Waals surface area (Å²) in [6.07, 6.45) is 0.664. The van der Waals surface area contributed by atoms with E-state index in [1.807, 2.05) is 66.7 Å². The average Bonchev–Trinajstić information content (AvgIpc) is 2.63. The summed E-state index contributed by atoms with van der Waals surface area (Å²) in [6, 6.07) is 27.4. The predicted molar refractivity (Wildman–Crippen MR) is 101 cm³/mol. The van der Waals surface area contributed by atoms with Gasteiger partial charge in [-0.15, -0.1) is 0 Å². The van der Waals surface area contributed by atoms with Gasteiger partial charge in [0, 0.05) is 12.0 Å². The van der Waals surface area contributed by atoms with Crippen LogP contribution < -0.4 is 0 Å². The van der Waals surface area contributed by atoms with Crippen LogP contribution in [0.4, 0.5) is 0 Å². The zero-order valence-corrected chi connectivity index (χ0v) is 13.9. The summed E-state index contributed by atoms with van der Waals surface area (Å²) >= 11 is 6.20. The SMILES string of the molecule is N=C(/N=C(\Cc1ccccc1)c1ccccc1)c1ccccc1Cl. The molecule has 3 rings (SSSR count). The van der Waals surface area contributed by atoms with E-state index in [0.717, 1.165) is 16.8 Å². The van der Waals surface area contributed by atoms with E-state index in [1.165, 1.54) is 0 Å². The highest BCUT2D eigenvalue weighted by molar-refractivity contribution is 6.34. The third kappa shape index (κ3) is 3.98. The molecule has 0 heterocycles. The monoisotopic (exact) mass is 332 g/mol. The molecule has 118 valence electrons. The van der Waals surface area contributed by atoms with Crippen molar-refractivity contribution in [3.05, 3.63) is 107 Å². The van der Waals surface area contributed by atoms with Crippen LogP contribution in [0.15, 0.2) is 89.9 Å². The summed E-state index contributed by atoms with van der Waals surface area (Å²) in [7, 11) is 0. The van der Waals surface area contributed by atoms with E-state index in [2.05, 4.69) is 17.1 Å². The first-order valence-corrected chi connectivity index (χ1v) is 8.12. The Kier molecular flexibility index (Phi) is 5.19. The molecule has 3 heteroatoms. The van der Waals surface area contributed by atoms with Crippen molar-refractivity contribution in [2.24, 2.45) is 4.99 Å². The van der Waals surface area contributed by atoms with Crippen LogP contribution in [0, 0.1) is 5.41 Å². The first kappa shape index (κ1) is 16.2. The molecule has 0 unspecified atom stereocenters. The molecule has 3 aromatic carbocycles. The Morgan fingerprint density at radius 2 is 1.38 bits per heavy atom. The number of hydrogen-bond donors (Lipinski definition) is 1. The molecule has 1 N–H and O–H groups in total. The molecule has 24 heavy (non-hydrogen) atoms. The number of aliphatic imine (C=N–C) groups is 1. The maximum absolute atomic E-state index is 8.34. The van der Waals surface area contributed by atoms with Gasteiger partial charge in [-0.2, -0.15) is 0 Å². The first-order chi connectivity index (χ1) is 11.7. The highest BCUT2D eigenvalue weighted by atomic mass is 35.5. The lowest BCUT2D eigenvalue weighted by Gasteiger charge is -2.09. The van der Waals surface area contributed by atoms with Crippen LogP contribution >= 0.6 is 11.6 Å². The smallest absolute Gasteiger partial charge is 0.153 e. The highest BCUT2D eigenvalue weighted by Gasteiger charge is 2.09. The van der Waals surface area contributed by atoms with Crippen molar-refractivity contribution in [1.29, 1.82) is 5.41 Å². The van der Waals surface area contributed by atoms with Gasteiger partial charge in [0.05, 0.1) is 10.7 Å². The summed E-state index contributed by atoms with van der Waals surface area (Å²) < 4.78 is 0. The second-order valence-electron chi connectivity index (χ2n) is 5.42. The van der Waals surface area contributed by atoms with Gasteiger partial charge in [0.2, 0.25) is 0 Å². The van der Waals surface area contributed by atoms with Gasteiger partial charge in [0.25, 0.3) is 0 Å². The summed E-state index contributed by atoms with van der Waals surface area (Å²) in [6.45, 7) is 0. The van der Waals surface area contributed by atoms with Crippen molar-refractivity contribution in [3.8, 4) is 0 Å². The fourth-order valence-electron chi connectivity index (χ4n) is 2.47. The van der Waals surface area contributed by atoms with Gasteiger partial charge in [0.1, 0.15) is 0 Å². The van der Waals surface area contributed by atoms with E-state index in [-0.39, 0.29) is 5.84 Å². The van der Waals surface area contributed by atoms with Crippen LogP contribution in [0.25, 0.3) is 0 Å². The topological polar surface area (TPSA) is 36.2 Å². The summed E-state index contributed by atoms with van der Waals surface area (Å²) in [5.74, 6) is 0.176. The van der Waals surface area contributed by atoms with E-state index in [9.17, 15) is 0 Å². The van der Waals surface area contributed by atoms with Crippen LogP contribution in [-0.4, -0.2) is 11.5 Å². The second kappa shape index (κ2) is 7.71. The van der Waals surface area contributed by atoms with Crippen LogP contribution in [0.1, 0.15) is 16.7 Å². The first-order valence-electron chi connectivity index (χ1n) is 7.74. The summed E-state index contributed by atoms with van der Waals surface area (Å²) in [5.41, 5.74) is 3.66. The van der Waals surface area contributed by atoms with Gasteiger partial charge in [0.15, 0.2) is 5.84 Å². The number of amidine groups is 1. The molecule has 0 spiro atoms. The van der Waals surface area contributed by atoms with Crippen LogP contribution in [0.2, 0.25) is 5.02 Å². The zero-order chi connectivity index (χ0) is 16.8. The predicted octanol–water partition coefficient (Wildman–Crippen LogP) is 5.40. The van der Waals surface area contributed by atoms with Crippen LogP contribution in [0.5, 0.6) is 0 Å². The fraction of sp³-hybridized carbons (Fsp3) is 0.0476. The lowest BCUT2D eigenvalue weighted by molar-refractivity contribution is 1.30. The number of rotatable bonds is 4. The maximum Gasteiger partial charge on any atom is 0.153 e. The fourth-order valence-corrected chi connectivity index (χ4v) is 2.70. The van der Waals surface area contributed by atoms with Crippen LogP contribution in [-0.2, 0) is 6.42 Å². The number of nitrogens with one attached hydrogen (secondary N) is 1. The number of nitrogens with zero attached hydrogens (tertiary/aromatic N) is 1. The third-order valence-corrected chi connectivity index (χ3v) is 4.03. The normalized spacial score (nSPS) is 11.3. The molecule has 0 saturated heterocycles. The standard InChI is InChI=1S/C21H17ClN2/c22-19-14-8-7-13-18(19)21(23)24-20(17-11-5-2-6-12-17)15-16-9-3-1-4-10-16/h1-14,23H,15H2/b23-21?,24-20+. The minimum atomic E-state index is 0.176. The van der Waals surface area contributed by atoms with E-state index in [0.29, 0.717) is 17.0 Å². The molecule has 0 aliphatic rings. The Labute approximate surface area is 147 Å². The van der Waals surface area contributed by atoms with E-state index in [4.69, 9.17) is 17.0 Å². The molecule has 0 fully saturated rings. The Balaban J connectivity index is 1.98. The van der Waals surface area contributed by atoms with Crippen molar-refractivity contribution in [2.75, 3.05) is 0 Å². The van der Waals surface area contributed by atoms with E-state index >= 15 is 0 Å².